The standard InChI is InChI=1S/C23H29NO2/c1-18-8-6-7-11-21(18)17-23(26)12-14-24(15-13-23)22(25)16-19(2)20-9-4-3-5-10-20/h3-11,19,26H,12-17H2,1-2H3/t19-/m1/s1. The van der Waals surface area contributed by atoms with Crippen molar-refractivity contribution in [3.8, 4) is 0 Å². The van der Waals surface area contributed by atoms with Gasteiger partial charge in [0.25, 0.3) is 0 Å². The number of aryl methyl sites for hydroxylation is 1. The second-order valence-corrected chi connectivity index (χ2v) is 7.72. The predicted molar refractivity (Wildman–Crippen MR) is 105 cm³/mol. The number of hydrogen-bond donors (Lipinski definition) is 1. The van der Waals surface area contributed by atoms with E-state index in [4.69, 9.17) is 0 Å². The third-order valence-corrected chi connectivity index (χ3v) is 5.68. The van der Waals surface area contributed by atoms with Crippen LogP contribution in [0.4, 0.5) is 0 Å². The number of aliphatic hydroxyl groups is 1. The van der Waals surface area contributed by atoms with Gasteiger partial charge >= 0.3 is 0 Å². The average molecular weight is 351 g/mol. The molecule has 1 aliphatic rings. The number of carbonyl (C=O) groups is 1. The number of rotatable bonds is 5. The van der Waals surface area contributed by atoms with Crippen molar-refractivity contribution in [2.24, 2.45) is 0 Å². The fraction of sp³-hybridized carbons (Fsp3) is 0.435. The zero-order chi connectivity index (χ0) is 18.6. The maximum Gasteiger partial charge on any atom is 0.223 e. The Kier molecular flexibility index (Phi) is 5.77. The topological polar surface area (TPSA) is 40.5 Å². The molecule has 0 unspecified atom stereocenters. The van der Waals surface area contributed by atoms with Crippen LogP contribution in [0, 0.1) is 6.92 Å². The summed E-state index contributed by atoms with van der Waals surface area (Å²) in [7, 11) is 0. The normalized spacial score (nSPS) is 17.7. The molecule has 2 aromatic carbocycles. The molecule has 1 N–H and O–H groups in total. The lowest BCUT2D eigenvalue weighted by atomic mass is 9.84. The van der Waals surface area contributed by atoms with Gasteiger partial charge in [-0.2, -0.15) is 0 Å². The van der Waals surface area contributed by atoms with Crippen LogP contribution in [0.5, 0.6) is 0 Å². The Morgan fingerprint density at radius 2 is 1.69 bits per heavy atom. The van der Waals surface area contributed by atoms with Crippen molar-refractivity contribution in [2.45, 2.75) is 51.0 Å². The fourth-order valence-corrected chi connectivity index (χ4v) is 3.80. The van der Waals surface area contributed by atoms with Gasteiger partial charge in [-0.25, -0.2) is 0 Å². The van der Waals surface area contributed by atoms with E-state index in [0.717, 1.165) is 0 Å². The van der Waals surface area contributed by atoms with E-state index in [1.165, 1.54) is 16.7 Å². The largest absolute Gasteiger partial charge is 0.389 e. The van der Waals surface area contributed by atoms with Gasteiger partial charge in [-0.1, -0.05) is 61.5 Å². The van der Waals surface area contributed by atoms with E-state index < -0.39 is 5.60 Å². The molecule has 26 heavy (non-hydrogen) atoms. The molecule has 3 heteroatoms. The highest BCUT2D eigenvalue weighted by molar-refractivity contribution is 5.77. The van der Waals surface area contributed by atoms with Crippen molar-refractivity contribution < 1.29 is 9.90 Å². The lowest BCUT2D eigenvalue weighted by Crippen LogP contribution is -2.48. The van der Waals surface area contributed by atoms with Crippen molar-refractivity contribution in [1.82, 2.24) is 4.90 Å². The van der Waals surface area contributed by atoms with Crippen LogP contribution in [0.3, 0.4) is 0 Å². The summed E-state index contributed by atoms with van der Waals surface area (Å²) in [6, 6.07) is 18.4. The minimum atomic E-state index is -0.700. The maximum absolute atomic E-state index is 12.6. The number of likely N-dealkylation sites (tertiary alicyclic amines) is 1. The Hall–Kier alpha value is -2.13. The zero-order valence-electron chi connectivity index (χ0n) is 15.8. The van der Waals surface area contributed by atoms with Gasteiger partial charge in [-0.05, 0) is 42.4 Å². The Bertz CT molecular complexity index is 733. The molecule has 0 saturated carbocycles. The number of benzene rings is 2. The number of carbonyl (C=O) groups excluding carboxylic acids is 1. The van der Waals surface area contributed by atoms with Gasteiger partial charge < -0.3 is 10.0 Å². The Morgan fingerprint density at radius 1 is 1.08 bits per heavy atom. The molecule has 0 spiro atoms. The predicted octanol–water partition coefficient (Wildman–Crippen LogP) is 4.08. The summed E-state index contributed by atoms with van der Waals surface area (Å²) in [5, 5.41) is 11.0. The molecule has 2 aromatic rings. The van der Waals surface area contributed by atoms with E-state index in [1.54, 1.807) is 0 Å². The van der Waals surface area contributed by atoms with Crippen molar-refractivity contribution >= 4 is 5.91 Å². The van der Waals surface area contributed by atoms with Gasteiger partial charge in [0, 0.05) is 25.9 Å². The highest BCUT2D eigenvalue weighted by atomic mass is 16.3. The third kappa shape index (κ3) is 4.53. The first-order valence-electron chi connectivity index (χ1n) is 9.56. The molecule has 1 aliphatic heterocycles. The number of nitrogens with zero attached hydrogens (tertiary/aromatic N) is 1. The smallest absolute Gasteiger partial charge is 0.223 e. The molecule has 1 heterocycles. The first kappa shape index (κ1) is 18.7. The molecule has 0 bridgehead atoms. The summed E-state index contributed by atoms with van der Waals surface area (Å²) in [4.78, 5) is 14.6. The van der Waals surface area contributed by atoms with E-state index in [1.807, 2.05) is 35.2 Å². The average Bonchev–Trinajstić information content (AvgIpc) is 2.65. The van der Waals surface area contributed by atoms with Crippen molar-refractivity contribution in [3.63, 3.8) is 0 Å². The molecule has 138 valence electrons. The van der Waals surface area contributed by atoms with Gasteiger partial charge in [0.15, 0.2) is 0 Å². The maximum atomic E-state index is 12.6. The second kappa shape index (κ2) is 8.05. The van der Waals surface area contributed by atoms with E-state index in [0.29, 0.717) is 38.8 Å². The molecule has 0 aromatic heterocycles. The van der Waals surface area contributed by atoms with Gasteiger partial charge in [0.2, 0.25) is 5.91 Å². The molecule has 0 aliphatic carbocycles. The first-order chi connectivity index (χ1) is 12.5. The molecule has 1 saturated heterocycles. The van der Waals surface area contributed by atoms with Crippen molar-refractivity contribution in [1.29, 1.82) is 0 Å². The summed E-state index contributed by atoms with van der Waals surface area (Å²) in [6.45, 7) is 5.47. The first-order valence-corrected chi connectivity index (χ1v) is 9.56. The van der Waals surface area contributed by atoms with Crippen LogP contribution in [-0.2, 0) is 11.2 Å². The summed E-state index contributed by atoms with van der Waals surface area (Å²) < 4.78 is 0. The van der Waals surface area contributed by atoms with Crippen LogP contribution in [0.15, 0.2) is 54.6 Å². The van der Waals surface area contributed by atoms with Crippen molar-refractivity contribution in [3.05, 3.63) is 71.3 Å². The highest BCUT2D eigenvalue weighted by Gasteiger charge is 2.34. The molecular weight excluding hydrogens is 322 g/mol. The summed E-state index contributed by atoms with van der Waals surface area (Å²) in [5.41, 5.74) is 2.92. The summed E-state index contributed by atoms with van der Waals surface area (Å²) in [5.74, 6) is 0.413. The lowest BCUT2D eigenvalue weighted by molar-refractivity contribution is -0.135. The molecule has 3 nitrogen and oxygen atoms in total. The van der Waals surface area contributed by atoms with Crippen LogP contribution in [0.1, 0.15) is 48.8 Å². The van der Waals surface area contributed by atoms with Crippen molar-refractivity contribution in [2.75, 3.05) is 13.1 Å². The van der Waals surface area contributed by atoms with E-state index in [-0.39, 0.29) is 11.8 Å². The lowest BCUT2D eigenvalue weighted by Gasteiger charge is -2.39. The fourth-order valence-electron chi connectivity index (χ4n) is 3.80. The molecule has 1 fully saturated rings. The Morgan fingerprint density at radius 3 is 2.35 bits per heavy atom. The summed E-state index contributed by atoms with van der Waals surface area (Å²) in [6.07, 6.45) is 2.49. The van der Waals surface area contributed by atoms with Gasteiger partial charge in [0.05, 0.1) is 5.60 Å². The highest BCUT2D eigenvalue weighted by Crippen LogP contribution is 2.29. The van der Waals surface area contributed by atoms with Crippen LogP contribution in [0.25, 0.3) is 0 Å². The minimum absolute atomic E-state index is 0.194. The van der Waals surface area contributed by atoms with E-state index >= 15 is 0 Å². The molecule has 3 rings (SSSR count). The summed E-state index contributed by atoms with van der Waals surface area (Å²) >= 11 is 0. The monoisotopic (exact) mass is 351 g/mol. The quantitative estimate of drug-likeness (QED) is 0.881. The van der Waals surface area contributed by atoms with Crippen LogP contribution < -0.4 is 0 Å². The molecule has 1 atom stereocenters. The van der Waals surface area contributed by atoms with Gasteiger partial charge in [-0.3, -0.25) is 4.79 Å². The molecule has 1 amide bonds. The van der Waals surface area contributed by atoms with E-state index in [9.17, 15) is 9.90 Å². The van der Waals surface area contributed by atoms with Crippen LogP contribution in [0.2, 0.25) is 0 Å². The second-order valence-electron chi connectivity index (χ2n) is 7.72. The van der Waals surface area contributed by atoms with Crippen LogP contribution >= 0.6 is 0 Å². The van der Waals surface area contributed by atoms with Crippen LogP contribution in [-0.4, -0.2) is 34.6 Å². The van der Waals surface area contributed by atoms with E-state index in [2.05, 4.69) is 38.1 Å². The molecular formula is C23H29NO2. The Balaban J connectivity index is 1.54. The number of hydrogen-bond acceptors (Lipinski definition) is 2. The van der Waals surface area contributed by atoms with Gasteiger partial charge in [-0.15, -0.1) is 0 Å². The SMILES string of the molecule is Cc1ccccc1CC1(O)CCN(C(=O)C[C@@H](C)c2ccccc2)CC1. The number of amides is 1. The Labute approximate surface area is 156 Å². The number of piperidine rings is 1. The van der Waals surface area contributed by atoms with Gasteiger partial charge in [0.1, 0.15) is 0 Å². The minimum Gasteiger partial charge on any atom is -0.389 e. The molecule has 0 radical (unpaired) electrons. The third-order valence-electron chi connectivity index (χ3n) is 5.68. The zero-order valence-corrected chi connectivity index (χ0v) is 15.8.